The van der Waals surface area contributed by atoms with Crippen molar-refractivity contribution in [1.29, 1.82) is 5.26 Å². The van der Waals surface area contributed by atoms with Crippen molar-refractivity contribution < 1.29 is 13.2 Å². The average molecular weight is 416 g/mol. The third kappa shape index (κ3) is 4.10. The molecular weight excluding hydrogens is 386 g/mol. The Labute approximate surface area is 173 Å². The maximum absolute atomic E-state index is 13.4. The third-order valence-electron chi connectivity index (χ3n) is 6.36. The lowest BCUT2D eigenvalue weighted by Gasteiger charge is -2.35. The second kappa shape index (κ2) is 8.29. The number of nitrogens with zero attached hydrogens (tertiary/aromatic N) is 3. The lowest BCUT2D eigenvalue weighted by molar-refractivity contribution is -0.136. The van der Waals surface area contributed by atoms with Gasteiger partial charge in [-0.25, -0.2) is 8.42 Å². The van der Waals surface area contributed by atoms with Crippen LogP contribution in [0.1, 0.15) is 41.5 Å². The van der Waals surface area contributed by atoms with E-state index in [9.17, 15) is 13.2 Å². The van der Waals surface area contributed by atoms with Crippen LogP contribution in [-0.4, -0.2) is 49.7 Å². The fourth-order valence-corrected chi connectivity index (χ4v) is 6.31. The zero-order chi connectivity index (χ0) is 21.3. The van der Waals surface area contributed by atoms with Crippen LogP contribution >= 0.6 is 0 Å². The highest BCUT2D eigenvalue weighted by molar-refractivity contribution is 7.89. The summed E-state index contributed by atoms with van der Waals surface area (Å²) < 4.78 is 28.3. The molecule has 0 N–H and O–H groups in total. The van der Waals surface area contributed by atoms with Crippen LogP contribution in [0.5, 0.6) is 0 Å². The fourth-order valence-electron chi connectivity index (χ4n) is 4.27. The summed E-state index contributed by atoms with van der Waals surface area (Å²) in [5.41, 5.74) is 4.30. The highest BCUT2D eigenvalue weighted by Crippen LogP contribution is 2.31. The number of nitriles is 1. The van der Waals surface area contributed by atoms with Crippen molar-refractivity contribution in [3.63, 3.8) is 0 Å². The number of carbonyl (C=O) groups is 1. The molecular formula is C22H29N3O3S. The Morgan fingerprint density at radius 2 is 1.66 bits per heavy atom. The highest BCUT2D eigenvalue weighted by atomic mass is 32.2. The molecule has 3 rings (SSSR count). The Morgan fingerprint density at radius 1 is 1.07 bits per heavy atom. The van der Waals surface area contributed by atoms with Crippen molar-refractivity contribution in [2.45, 2.75) is 51.9 Å². The van der Waals surface area contributed by atoms with E-state index < -0.39 is 10.0 Å². The Hall–Kier alpha value is -2.17. The molecule has 2 heterocycles. The number of carbonyl (C=O) groups excluding carboxylic acids is 1. The van der Waals surface area contributed by atoms with Gasteiger partial charge in [0.15, 0.2) is 0 Å². The molecule has 1 fully saturated rings. The van der Waals surface area contributed by atoms with E-state index >= 15 is 0 Å². The summed E-state index contributed by atoms with van der Waals surface area (Å²) in [6, 6.07) is 4.17. The molecule has 156 valence electrons. The Morgan fingerprint density at radius 3 is 2.14 bits per heavy atom. The quantitative estimate of drug-likeness (QED) is 0.760. The zero-order valence-electron chi connectivity index (χ0n) is 17.7. The average Bonchev–Trinajstić information content (AvgIpc) is 2.72. The SMILES string of the molecule is Cc1cc(C)c(C)c(S(=O)(=O)N2CCC(C(=O)N3CC=C(C#N)CC3)CC2)c1C. The lowest BCUT2D eigenvalue weighted by Crippen LogP contribution is -2.45. The van der Waals surface area contributed by atoms with Crippen molar-refractivity contribution in [2.24, 2.45) is 5.92 Å². The lowest BCUT2D eigenvalue weighted by atomic mass is 9.95. The largest absolute Gasteiger partial charge is 0.338 e. The number of sulfonamides is 1. The molecule has 1 saturated heterocycles. The van der Waals surface area contributed by atoms with Gasteiger partial charge in [0.2, 0.25) is 15.9 Å². The van der Waals surface area contributed by atoms with Gasteiger partial charge in [-0.3, -0.25) is 4.79 Å². The summed E-state index contributed by atoms with van der Waals surface area (Å²) in [6.45, 7) is 9.37. The molecule has 29 heavy (non-hydrogen) atoms. The molecule has 0 bridgehead atoms. The van der Waals surface area contributed by atoms with Crippen LogP contribution in [0.4, 0.5) is 0 Å². The van der Waals surface area contributed by atoms with Crippen LogP contribution < -0.4 is 0 Å². The van der Waals surface area contributed by atoms with Crippen molar-refractivity contribution in [3.05, 3.63) is 40.0 Å². The Balaban J connectivity index is 1.72. The summed E-state index contributed by atoms with van der Waals surface area (Å²) in [5.74, 6) is -0.0750. The molecule has 0 aromatic heterocycles. The summed E-state index contributed by atoms with van der Waals surface area (Å²) in [5, 5.41) is 8.95. The minimum absolute atomic E-state index is 0.0778. The molecule has 2 aliphatic heterocycles. The molecule has 1 amide bonds. The van der Waals surface area contributed by atoms with Gasteiger partial charge in [-0.15, -0.1) is 0 Å². The van der Waals surface area contributed by atoms with Gasteiger partial charge in [0.05, 0.1) is 11.0 Å². The number of amides is 1. The first kappa shape index (κ1) is 21.5. The summed E-state index contributed by atoms with van der Waals surface area (Å²) in [6.07, 6.45) is 3.48. The van der Waals surface area contributed by atoms with Crippen molar-refractivity contribution >= 4 is 15.9 Å². The van der Waals surface area contributed by atoms with E-state index in [1.165, 1.54) is 4.31 Å². The summed E-state index contributed by atoms with van der Waals surface area (Å²) in [4.78, 5) is 15.0. The summed E-state index contributed by atoms with van der Waals surface area (Å²) in [7, 11) is -3.59. The van der Waals surface area contributed by atoms with Crippen LogP contribution in [0.25, 0.3) is 0 Å². The minimum atomic E-state index is -3.59. The molecule has 0 aliphatic carbocycles. The number of hydrogen-bond donors (Lipinski definition) is 0. The van der Waals surface area contributed by atoms with Crippen LogP contribution in [-0.2, 0) is 14.8 Å². The molecule has 2 aliphatic rings. The van der Waals surface area contributed by atoms with Crippen molar-refractivity contribution in [3.8, 4) is 6.07 Å². The van der Waals surface area contributed by atoms with E-state index in [2.05, 4.69) is 6.07 Å². The van der Waals surface area contributed by atoms with Crippen LogP contribution in [0, 0.1) is 44.9 Å². The smallest absolute Gasteiger partial charge is 0.243 e. The number of piperidine rings is 1. The minimum Gasteiger partial charge on any atom is -0.338 e. The maximum Gasteiger partial charge on any atom is 0.243 e. The first-order valence-electron chi connectivity index (χ1n) is 10.1. The van der Waals surface area contributed by atoms with Crippen LogP contribution in [0.3, 0.4) is 0 Å². The van der Waals surface area contributed by atoms with E-state index in [-0.39, 0.29) is 11.8 Å². The molecule has 6 nitrogen and oxygen atoms in total. The monoisotopic (exact) mass is 415 g/mol. The van der Waals surface area contributed by atoms with Crippen molar-refractivity contribution in [1.82, 2.24) is 9.21 Å². The number of rotatable bonds is 3. The zero-order valence-corrected chi connectivity index (χ0v) is 18.5. The van der Waals surface area contributed by atoms with Gasteiger partial charge >= 0.3 is 0 Å². The van der Waals surface area contributed by atoms with E-state index in [4.69, 9.17) is 5.26 Å². The third-order valence-corrected chi connectivity index (χ3v) is 8.54. The second-order valence-corrected chi connectivity index (χ2v) is 10.0. The molecule has 0 radical (unpaired) electrons. The predicted octanol–water partition coefficient (Wildman–Crippen LogP) is 3.00. The Kier molecular flexibility index (Phi) is 6.16. The second-order valence-electron chi connectivity index (χ2n) is 8.14. The van der Waals surface area contributed by atoms with Gasteiger partial charge in [0.1, 0.15) is 0 Å². The van der Waals surface area contributed by atoms with Crippen LogP contribution in [0.15, 0.2) is 22.6 Å². The molecule has 0 spiro atoms. The highest BCUT2D eigenvalue weighted by Gasteiger charge is 2.35. The molecule has 0 atom stereocenters. The van der Waals surface area contributed by atoms with Gasteiger partial charge in [-0.2, -0.15) is 9.57 Å². The first-order chi connectivity index (χ1) is 13.7. The number of hydrogen-bond acceptors (Lipinski definition) is 4. The standard InChI is InChI=1S/C22H29N3O3S/c1-15-13-16(2)18(4)21(17(15)3)29(27,28)25-11-7-20(8-12-25)22(26)24-9-5-19(14-23)6-10-24/h5,13,20H,6-12H2,1-4H3. The topological polar surface area (TPSA) is 81.5 Å². The molecule has 7 heteroatoms. The van der Waals surface area contributed by atoms with Gasteiger partial charge < -0.3 is 4.90 Å². The van der Waals surface area contributed by atoms with E-state index in [1.54, 1.807) is 4.90 Å². The molecule has 1 aromatic carbocycles. The van der Waals surface area contributed by atoms with Crippen molar-refractivity contribution in [2.75, 3.05) is 26.2 Å². The van der Waals surface area contributed by atoms with Crippen LogP contribution in [0.2, 0.25) is 0 Å². The normalized spacial score (nSPS) is 19.0. The number of aryl methyl sites for hydroxylation is 2. The Bertz CT molecular complexity index is 971. The van der Waals surface area contributed by atoms with Gasteiger partial charge in [0, 0.05) is 37.7 Å². The van der Waals surface area contributed by atoms with E-state index in [1.807, 2.05) is 39.8 Å². The molecule has 0 saturated carbocycles. The van der Waals surface area contributed by atoms with Gasteiger partial charge in [-0.1, -0.05) is 12.1 Å². The van der Waals surface area contributed by atoms with Gasteiger partial charge in [0.25, 0.3) is 0 Å². The first-order valence-corrected chi connectivity index (χ1v) is 11.6. The fraction of sp³-hybridized carbons (Fsp3) is 0.545. The number of benzene rings is 1. The van der Waals surface area contributed by atoms with Gasteiger partial charge in [-0.05, 0) is 69.2 Å². The maximum atomic E-state index is 13.4. The molecule has 0 unspecified atom stereocenters. The predicted molar refractivity (Wildman–Crippen MR) is 112 cm³/mol. The molecule has 1 aromatic rings. The van der Waals surface area contributed by atoms with E-state index in [0.717, 1.165) is 27.8 Å². The van der Waals surface area contributed by atoms with E-state index in [0.29, 0.717) is 50.3 Å². The summed E-state index contributed by atoms with van der Waals surface area (Å²) >= 11 is 0.